The monoisotopic (exact) mass is 983 g/mol. The molecule has 0 saturated heterocycles. The number of carbonyl (C=O) groups excluding carboxylic acids is 2. The first-order valence-electron chi connectivity index (χ1n) is 22.9. The lowest BCUT2D eigenvalue weighted by atomic mass is 10.1. The van der Waals surface area contributed by atoms with E-state index in [2.05, 4.69) is 47.2 Å². The molecule has 0 aromatic heterocycles. The molecular formula is C45H79NO16P2S. The van der Waals surface area contributed by atoms with Crippen molar-refractivity contribution in [3.8, 4) is 0 Å². The van der Waals surface area contributed by atoms with Crippen molar-refractivity contribution in [2.75, 3.05) is 32.2 Å². The first-order valence-corrected chi connectivity index (χ1v) is 27.0. The minimum atomic E-state index is -4.94. The van der Waals surface area contributed by atoms with Crippen molar-refractivity contribution in [3.05, 3.63) is 60.8 Å². The Hall–Kier alpha value is -2.44. The van der Waals surface area contributed by atoms with Crippen LogP contribution in [-0.4, -0.2) is 110 Å². The molecule has 0 saturated carbocycles. The molecule has 0 heterocycles. The van der Waals surface area contributed by atoms with E-state index in [0.29, 0.717) is 6.42 Å². The highest BCUT2D eigenvalue weighted by atomic mass is 32.2. The Labute approximate surface area is 391 Å². The fraction of sp³-hybridized carbons (Fsp3) is 0.711. The number of carbonyl (C=O) groups is 3. The van der Waals surface area contributed by atoms with Gasteiger partial charge in [0.25, 0.3) is 0 Å². The van der Waals surface area contributed by atoms with E-state index in [1.165, 1.54) is 44.9 Å². The van der Waals surface area contributed by atoms with Gasteiger partial charge in [-0.05, 0) is 64.2 Å². The maximum absolute atomic E-state index is 13.0. The van der Waals surface area contributed by atoms with Gasteiger partial charge in [-0.3, -0.25) is 28.0 Å². The minimum Gasteiger partial charge on any atom is -0.481 e. The molecular weight excluding hydrogens is 905 g/mol. The van der Waals surface area contributed by atoms with Gasteiger partial charge in [0, 0.05) is 23.8 Å². The van der Waals surface area contributed by atoms with E-state index >= 15 is 0 Å². The molecule has 0 aromatic rings. The maximum Gasteiger partial charge on any atom is 0.472 e. The number of carboxylic acid groups (broad SMARTS) is 1. The number of aliphatic carboxylic acids is 1. The Bertz CT molecular complexity index is 1500. The lowest BCUT2D eigenvalue weighted by Crippen LogP contribution is -2.38. The number of ether oxygens (including phenoxy) is 2. The molecule has 0 aliphatic carbocycles. The van der Waals surface area contributed by atoms with Gasteiger partial charge < -0.3 is 45.2 Å². The van der Waals surface area contributed by atoms with E-state index in [1.54, 1.807) is 18.2 Å². The molecule has 1 unspecified atom stereocenters. The number of carboxylic acids is 1. The minimum absolute atomic E-state index is 0.0169. The summed E-state index contributed by atoms with van der Waals surface area (Å²) in [5.74, 6) is -2.60. The second-order valence-electron chi connectivity index (χ2n) is 15.5. The van der Waals surface area contributed by atoms with Gasteiger partial charge in [0.15, 0.2) is 6.10 Å². The lowest BCUT2D eigenvalue weighted by Gasteiger charge is -2.22. The fourth-order valence-electron chi connectivity index (χ4n) is 5.72. The molecule has 0 fully saturated rings. The van der Waals surface area contributed by atoms with Crippen LogP contribution in [0.5, 0.6) is 0 Å². The normalized spacial score (nSPS) is 15.8. The van der Waals surface area contributed by atoms with Crippen LogP contribution in [0.15, 0.2) is 60.8 Å². The number of nitrogens with two attached hydrogens (primary N) is 1. The van der Waals surface area contributed by atoms with Crippen molar-refractivity contribution in [1.29, 1.82) is 0 Å². The molecule has 0 aliphatic rings. The Morgan fingerprint density at radius 2 is 1.23 bits per heavy atom. The number of phosphoric ester groups is 2. The summed E-state index contributed by atoms with van der Waals surface area (Å²) in [4.78, 5) is 64.6. The van der Waals surface area contributed by atoms with Crippen molar-refractivity contribution in [1.82, 2.24) is 0 Å². The number of esters is 2. The number of aliphatic hydroxyl groups is 2. The zero-order valence-corrected chi connectivity index (χ0v) is 41.1. The van der Waals surface area contributed by atoms with Crippen molar-refractivity contribution < 1.29 is 76.6 Å². The molecule has 0 bridgehead atoms. The average molecular weight is 984 g/mol. The zero-order valence-electron chi connectivity index (χ0n) is 38.5. The summed E-state index contributed by atoms with van der Waals surface area (Å²) in [5.41, 5.74) is 6.15. The molecule has 0 aliphatic heterocycles. The van der Waals surface area contributed by atoms with E-state index in [4.69, 9.17) is 34.6 Å². The van der Waals surface area contributed by atoms with Gasteiger partial charge in [-0.2, -0.15) is 0 Å². The number of phosphoric acid groups is 2. The third-order valence-electron chi connectivity index (χ3n) is 9.37. The molecule has 8 N–H and O–H groups in total. The quantitative estimate of drug-likeness (QED) is 0.00990. The van der Waals surface area contributed by atoms with Crippen LogP contribution in [0.3, 0.4) is 0 Å². The van der Waals surface area contributed by atoms with E-state index in [1.807, 2.05) is 18.2 Å². The number of aliphatic hydroxyl groups excluding tert-OH is 2. The molecule has 0 amide bonds. The van der Waals surface area contributed by atoms with Gasteiger partial charge in [-0.1, -0.05) is 126 Å². The summed E-state index contributed by atoms with van der Waals surface area (Å²) in [5, 5.41) is 29.2. The summed E-state index contributed by atoms with van der Waals surface area (Å²) in [6.45, 7) is 1.12. The first kappa shape index (κ1) is 62.6. The van der Waals surface area contributed by atoms with Gasteiger partial charge in [-0.25, -0.2) is 9.13 Å². The molecule has 6 atom stereocenters. The Kier molecular flexibility index (Phi) is 39.1. The summed E-state index contributed by atoms with van der Waals surface area (Å²) in [7, 11) is -9.87. The first-order chi connectivity index (χ1) is 31.0. The standard InChI is InChI=1S/C45H79NO16P2S/c1-3-5-7-9-11-13-15-17-19-21-23-25-27-32-44(51)62-39(36-61-64(56,57)60-34-38(47)33-59-63(53,54)55)35-58-45(52)40(46)37-65-42(41(48)29-28-31-43(49)50)30-26-24-22-20-18-16-14-12-10-8-6-4-2/h12-15,18,20,22,24,26,30,38-42,47-48H,3-11,16-17,19,21,23,25,27-29,31-37,46H2,1-2H3,(H,49,50)(H,56,57)(H2,53,54,55)/b14-12-,15-13-,20-18-,24-22+,30-26+/t38-,39+,40-,41-,42+/m0/s1. The molecule has 20 heteroatoms. The molecule has 0 radical (unpaired) electrons. The Morgan fingerprint density at radius 3 is 1.89 bits per heavy atom. The molecule has 17 nitrogen and oxygen atoms in total. The number of hydrogen-bond acceptors (Lipinski definition) is 14. The summed E-state index contributed by atoms with van der Waals surface area (Å²) < 4.78 is 47.9. The highest BCUT2D eigenvalue weighted by Gasteiger charge is 2.29. The number of rotatable bonds is 43. The van der Waals surface area contributed by atoms with Crippen molar-refractivity contribution in [3.63, 3.8) is 0 Å². The molecule has 0 spiro atoms. The number of thioether (sulfide) groups is 1. The second-order valence-corrected chi connectivity index (χ2v) is 19.4. The third kappa shape index (κ3) is 41.5. The van der Waals surface area contributed by atoms with Crippen molar-refractivity contribution >= 4 is 45.3 Å². The zero-order chi connectivity index (χ0) is 48.6. The van der Waals surface area contributed by atoms with Crippen LogP contribution in [0.2, 0.25) is 0 Å². The smallest absolute Gasteiger partial charge is 0.472 e. The van der Waals surface area contributed by atoms with E-state index in [-0.39, 0.29) is 31.4 Å². The van der Waals surface area contributed by atoms with Crippen LogP contribution in [0.1, 0.15) is 142 Å². The maximum atomic E-state index is 13.0. The highest BCUT2D eigenvalue weighted by molar-refractivity contribution is 8.00. The summed E-state index contributed by atoms with van der Waals surface area (Å²) in [6, 6.07) is -1.22. The van der Waals surface area contributed by atoms with E-state index in [0.717, 1.165) is 63.1 Å². The second kappa shape index (κ2) is 40.6. The van der Waals surface area contributed by atoms with E-state index in [9.17, 15) is 38.6 Å². The molecule has 65 heavy (non-hydrogen) atoms. The summed E-state index contributed by atoms with van der Waals surface area (Å²) >= 11 is 1.16. The van der Waals surface area contributed by atoms with Crippen LogP contribution in [0, 0.1) is 0 Å². The van der Waals surface area contributed by atoms with Gasteiger partial charge in [0.05, 0.1) is 25.9 Å². The Balaban J connectivity index is 5.40. The molecule has 0 aromatic carbocycles. The van der Waals surface area contributed by atoms with Crippen molar-refractivity contribution in [2.45, 2.75) is 172 Å². The summed E-state index contributed by atoms with van der Waals surface area (Å²) in [6.07, 6.45) is 32.7. The van der Waals surface area contributed by atoms with E-state index < -0.39 is 89.6 Å². The molecule has 376 valence electrons. The SMILES string of the molecule is CCCCC/C=C\C\C=C/C=C/C=C/[C@@H](SC[C@H](N)C(=O)OC[C@H](COP(=O)(O)OC[C@@H](O)COP(=O)(O)O)OC(=O)CCCCCCC/C=C\CCCCCC)[C@@H](O)CCCC(=O)O. The van der Waals surface area contributed by atoms with Crippen LogP contribution < -0.4 is 5.73 Å². The fourth-order valence-corrected chi connectivity index (χ4v) is 8.01. The van der Waals surface area contributed by atoms with Crippen LogP contribution >= 0.6 is 27.4 Å². The van der Waals surface area contributed by atoms with Gasteiger partial charge >= 0.3 is 33.6 Å². The third-order valence-corrected chi connectivity index (χ3v) is 12.2. The van der Waals surface area contributed by atoms with Gasteiger partial charge in [0.1, 0.15) is 18.8 Å². The predicted octanol–water partition coefficient (Wildman–Crippen LogP) is 8.54. The number of hydrogen-bond donors (Lipinski definition) is 7. The lowest BCUT2D eigenvalue weighted by molar-refractivity contribution is -0.161. The van der Waals surface area contributed by atoms with Crippen molar-refractivity contribution in [2.24, 2.45) is 5.73 Å². The van der Waals surface area contributed by atoms with Gasteiger partial charge in [-0.15, -0.1) is 11.8 Å². The largest absolute Gasteiger partial charge is 0.481 e. The topological polar surface area (TPSA) is 279 Å². The van der Waals surface area contributed by atoms with Crippen LogP contribution in [0.4, 0.5) is 0 Å². The highest BCUT2D eigenvalue weighted by Crippen LogP contribution is 2.44. The van der Waals surface area contributed by atoms with Crippen LogP contribution in [0.25, 0.3) is 0 Å². The average Bonchev–Trinajstić information content (AvgIpc) is 3.25. The Morgan fingerprint density at radius 1 is 0.662 bits per heavy atom. The number of unbranched alkanes of at least 4 members (excludes halogenated alkanes) is 12. The van der Waals surface area contributed by atoms with Gasteiger partial charge in [0.2, 0.25) is 0 Å². The number of allylic oxidation sites excluding steroid dienone is 9. The predicted molar refractivity (Wildman–Crippen MR) is 254 cm³/mol. The molecule has 0 rings (SSSR count). The van der Waals surface area contributed by atoms with Crippen LogP contribution in [-0.2, 0) is 46.6 Å².